The molecule has 0 amide bonds. The molecule has 0 saturated heterocycles. The van der Waals surface area contributed by atoms with Gasteiger partial charge in [-0.25, -0.2) is 0 Å². The van der Waals surface area contributed by atoms with Crippen LogP contribution in [0.3, 0.4) is 0 Å². The SMILES string of the molecule is CCC(CN)CCc1cnn(C)c1. The van der Waals surface area contributed by atoms with Crippen molar-refractivity contribution in [3.05, 3.63) is 18.0 Å². The maximum atomic E-state index is 5.63. The molecule has 0 radical (unpaired) electrons. The zero-order valence-electron chi connectivity index (χ0n) is 8.53. The molecule has 1 atom stereocenters. The van der Waals surface area contributed by atoms with E-state index in [4.69, 9.17) is 5.73 Å². The summed E-state index contributed by atoms with van der Waals surface area (Å²) in [7, 11) is 1.95. The van der Waals surface area contributed by atoms with Gasteiger partial charge in [0, 0.05) is 13.2 Å². The minimum Gasteiger partial charge on any atom is -0.330 e. The van der Waals surface area contributed by atoms with Crippen molar-refractivity contribution in [1.29, 1.82) is 0 Å². The Bertz CT molecular complexity index is 238. The number of hydrogen-bond donors (Lipinski definition) is 1. The van der Waals surface area contributed by atoms with E-state index < -0.39 is 0 Å². The lowest BCUT2D eigenvalue weighted by molar-refractivity contribution is 0.481. The number of aromatic nitrogens is 2. The molecule has 0 fully saturated rings. The highest BCUT2D eigenvalue weighted by Gasteiger charge is 2.04. The summed E-state index contributed by atoms with van der Waals surface area (Å²) in [6.45, 7) is 3.00. The molecule has 1 aromatic rings. The van der Waals surface area contributed by atoms with Gasteiger partial charge in [0.25, 0.3) is 0 Å². The number of nitrogens with two attached hydrogens (primary N) is 1. The second kappa shape index (κ2) is 5.02. The highest BCUT2D eigenvalue weighted by Crippen LogP contribution is 2.10. The van der Waals surface area contributed by atoms with Gasteiger partial charge in [-0.05, 0) is 30.9 Å². The van der Waals surface area contributed by atoms with Gasteiger partial charge in [-0.1, -0.05) is 13.3 Å². The van der Waals surface area contributed by atoms with E-state index in [0.29, 0.717) is 5.92 Å². The molecule has 0 aliphatic carbocycles. The zero-order chi connectivity index (χ0) is 9.68. The van der Waals surface area contributed by atoms with Crippen LogP contribution < -0.4 is 5.73 Å². The van der Waals surface area contributed by atoms with Gasteiger partial charge in [-0.3, -0.25) is 4.68 Å². The number of rotatable bonds is 5. The summed E-state index contributed by atoms with van der Waals surface area (Å²) in [5.41, 5.74) is 6.95. The average molecular weight is 181 g/mol. The molecule has 0 aromatic carbocycles. The van der Waals surface area contributed by atoms with Crippen molar-refractivity contribution in [2.75, 3.05) is 6.54 Å². The Hall–Kier alpha value is -0.830. The fourth-order valence-corrected chi connectivity index (χ4v) is 1.46. The average Bonchev–Trinajstić information content (AvgIpc) is 2.53. The van der Waals surface area contributed by atoms with Crippen LogP contribution in [0.25, 0.3) is 0 Å². The molecule has 2 N–H and O–H groups in total. The molecular formula is C10H19N3. The van der Waals surface area contributed by atoms with Crippen molar-refractivity contribution in [3.63, 3.8) is 0 Å². The van der Waals surface area contributed by atoms with Gasteiger partial charge in [0.1, 0.15) is 0 Å². The van der Waals surface area contributed by atoms with Gasteiger partial charge in [0.15, 0.2) is 0 Å². The summed E-state index contributed by atoms with van der Waals surface area (Å²) in [5, 5.41) is 4.13. The first kappa shape index (κ1) is 10.3. The Kier molecular flexibility index (Phi) is 3.96. The molecule has 3 heteroatoms. The first-order valence-electron chi connectivity index (χ1n) is 4.93. The third kappa shape index (κ3) is 3.19. The lowest BCUT2D eigenvalue weighted by Gasteiger charge is -2.10. The van der Waals surface area contributed by atoms with Crippen LogP contribution >= 0.6 is 0 Å². The highest BCUT2D eigenvalue weighted by molar-refractivity contribution is 5.03. The van der Waals surface area contributed by atoms with Gasteiger partial charge in [-0.15, -0.1) is 0 Å². The van der Waals surface area contributed by atoms with E-state index in [9.17, 15) is 0 Å². The van der Waals surface area contributed by atoms with Crippen LogP contribution in [-0.2, 0) is 13.5 Å². The molecule has 0 spiro atoms. The smallest absolute Gasteiger partial charge is 0.0521 e. The molecule has 0 bridgehead atoms. The van der Waals surface area contributed by atoms with Crippen LogP contribution in [0.2, 0.25) is 0 Å². The minimum atomic E-state index is 0.667. The molecular weight excluding hydrogens is 162 g/mol. The van der Waals surface area contributed by atoms with Crippen LogP contribution in [-0.4, -0.2) is 16.3 Å². The Morgan fingerprint density at radius 1 is 1.62 bits per heavy atom. The predicted molar refractivity (Wildman–Crippen MR) is 54.4 cm³/mol. The summed E-state index contributed by atoms with van der Waals surface area (Å²) in [5.74, 6) is 0.667. The second-order valence-electron chi connectivity index (χ2n) is 3.57. The summed E-state index contributed by atoms with van der Waals surface area (Å²) in [6.07, 6.45) is 7.46. The molecule has 3 nitrogen and oxygen atoms in total. The van der Waals surface area contributed by atoms with E-state index >= 15 is 0 Å². The Morgan fingerprint density at radius 3 is 2.85 bits per heavy atom. The molecule has 0 aliphatic heterocycles. The first-order valence-corrected chi connectivity index (χ1v) is 4.93. The molecule has 0 saturated carbocycles. The van der Waals surface area contributed by atoms with E-state index in [2.05, 4.69) is 18.2 Å². The monoisotopic (exact) mass is 181 g/mol. The largest absolute Gasteiger partial charge is 0.330 e. The molecule has 0 aliphatic rings. The van der Waals surface area contributed by atoms with E-state index in [-0.39, 0.29) is 0 Å². The fraction of sp³-hybridized carbons (Fsp3) is 0.700. The lowest BCUT2D eigenvalue weighted by Crippen LogP contribution is -2.13. The zero-order valence-corrected chi connectivity index (χ0v) is 8.53. The number of hydrogen-bond acceptors (Lipinski definition) is 2. The summed E-state index contributed by atoms with van der Waals surface area (Å²) in [6, 6.07) is 0. The highest BCUT2D eigenvalue weighted by atomic mass is 15.2. The van der Waals surface area contributed by atoms with Crippen LogP contribution in [0.5, 0.6) is 0 Å². The molecule has 1 heterocycles. The van der Waals surface area contributed by atoms with Crippen LogP contribution in [0.15, 0.2) is 12.4 Å². The maximum absolute atomic E-state index is 5.63. The van der Waals surface area contributed by atoms with Crippen molar-refractivity contribution < 1.29 is 0 Å². The molecule has 13 heavy (non-hydrogen) atoms. The summed E-state index contributed by atoms with van der Waals surface area (Å²) >= 11 is 0. The Labute approximate surface area is 79.9 Å². The molecule has 1 unspecified atom stereocenters. The van der Waals surface area contributed by atoms with Crippen LogP contribution in [0.4, 0.5) is 0 Å². The number of aryl methyl sites for hydroxylation is 2. The maximum Gasteiger partial charge on any atom is 0.0521 e. The van der Waals surface area contributed by atoms with E-state index in [1.54, 1.807) is 0 Å². The third-order valence-corrected chi connectivity index (χ3v) is 2.51. The van der Waals surface area contributed by atoms with E-state index in [1.807, 2.05) is 17.9 Å². The minimum absolute atomic E-state index is 0.667. The van der Waals surface area contributed by atoms with Gasteiger partial charge in [-0.2, -0.15) is 5.10 Å². The van der Waals surface area contributed by atoms with Crippen LogP contribution in [0.1, 0.15) is 25.3 Å². The quantitative estimate of drug-likeness (QED) is 0.745. The van der Waals surface area contributed by atoms with Crippen molar-refractivity contribution in [1.82, 2.24) is 9.78 Å². The Morgan fingerprint density at radius 2 is 2.38 bits per heavy atom. The van der Waals surface area contributed by atoms with Crippen molar-refractivity contribution in [2.45, 2.75) is 26.2 Å². The molecule has 1 aromatic heterocycles. The predicted octanol–water partition coefficient (Wildman–Crippen LogP) is 1.34. The standard InChI is InChI=1S/C10H19N3/c1-3-9(6-11)4-5-10-7-12-13(2)8-10/h7-9H,3-6,11H2,1-2H3. The second-order valence-corrected chi connectivity index (χ2v) is 3.57. The van der Waals surface area contributed by atoms with Gasteiger partial charge in [0.2, 0.25) is 0 Å². The molecule has 74 valence electrons. The van der Waals surface area contributed by atoms with E-state index in [0.717, 1.165) is 13.0 Å². The Balaban J connectivity index is 2.33. The van der Waals surface area contributed by atoms with Gasteiger partial charge >= 0.3 is 0 Å². The topological polar surface area (TPSA) is 43.8 Å². The van der Waals surface area contributed by atoms with Crippen molar-refractivity contribution in [2.24, 2.45) is 18.7 Å². The summed E-state index contributed by atoms with van der Waals surface area (Å²) < 4.78 is 1.85. The third-order valence-electron chi connectivity index (χ3n) is 2.51. The number of nitrogens with zero attached hydrogens (tertiary/aromatic N) is 2. The van der Waals surface area contributed by atoms with Gasteiger partial charge < -0.3 is 5.73 Å². The molecule has 1 rings (SSSR count). The normalized spacial score (nSPS) is 13.2. The van der Waals surface area contributed by atoms with Crippen LogP contribution in [0, 0.1) is 5.92 Å². The summed E-state index contributed by atoms with van der Waals surface area (Å²) in [4.78, 5) is 0. The first-order chi connectivity index (χ1) is 6.26. The van der Waals surface area contributed by atoms with E-state index in [1.165, 1.54) is 18.4 Å². The fourth-order valence-electron chi connectivity index (χ4n) is 1.46. The van der Waals surface area contributed by atoms with Crippen molar-refractivity contribution >= 4 is 0 Å². The lowest BCUT2D eigenvalue weighted by atomic mass is 9.99. The van der Waals surface area contributed by atoms with Gasteiger partial charge in [0.05, 0.1) is 6.20 Å². The van der Waals surface area contributed by atoms with Crippen molar-refractivity contribution in [3.8, 4) is 0 Å².